The average molecular weight is 299 g/mol. The molecule has 0 aliphatic heterocycles. The number of carbonyl (C=O) groups is 1. The molecule has 0 spiro atoms. The van der Waals surface area contributed by atoms with Crippen molar-refractivity contribution in [3.8, 4) is 0 Å². The van der Waals surface area contributed by atoms with Crippen LogP contribution in [0.15, 0.2) is 0 Å². The number of ether oxygens (including phenoxy) is 1. The van der Waals surface area contributed by atoms with Gasteiger partial charge in [0.25, 0.3) is 0 Å². The molecule has 0 saturated carbocycles. The standard InChI is InChI=1S/C18H37NO2/c1-13(2)12-18(9,14(3)4)17(20)21-11-10-19(15(5)6)16(7)8/h13-16H,10-12H2,1-9H3. The molecule has 126 valence electrons. The van der Waals surface area contributed by atoms with E-state index in [4.69, 9.17) is 4.74 Å². The third-order valence-electron chi connectivity index (χ3n) is 4.48. The van der Waals surface area contributed by atoms with Crippen LogP contribution in [-0.4, -0.2) is 36.1 Å². The summed E-state index contributed by atoms with van der Waals surface area (Å²) in [6, 6.07) is 0.937. The smallest absolute Gasteiger partial charge is 0.312 e. The van der Waals surface area contributed by atoms with Crippen molar-refractivity contribution in [1.82, 2.24) is 4.90 Å². The molecule has 3 nitrogen and oxygen atoms in total. The number of rotatable bonds is 9. The monoisotopic (exact) mass is 299 g/mol. The zero-order valence-corrected chi connectivity index (χ0v) is 15.7. The average Bonchev–Trinajstić information content (AvgIpc) is 2.31. The van der Waals surface area contributed by atoms with Gasteiger partial charge in [-0.25, -0.2) is 0 Å². The third-order valence-corrected chi connectivity index (χ3v) is 4.48. The molecule has 0 heterocycles. The van der Waals surface area contributed by atoms with Crippen LogP contribution in [0, 0.1) is 17.3 Å². The second kappa shape index (κ2) is 8.77. The number of hydrogen-bond acceptors (Lipinski definition) is 3. The first-order valence-corrected chi connectivity index (χ1v) is 8.45. The third kappa shape index (κ3) is 6.37. The molecule has 0 aliphatic carbocycles. The Morgan fingerprint density at radius 1 is 1.00 bits per heavy atom. The molecule has 0 fully saturated rings. The molecule has 0 bridgehead atoms. The molecule has 0 saturated heterocycles. The molecule has 1 atom stereocenters. The Bertz CT molecular complexity index is 302. The summed E-state index contributed by atoms with van der Waals surface area (Å²) in [5.74, 6) is 0.741. The van der Waals surface area contributed by atoms with Crippen LogP contribution in [0.3, 0.4) is 0 Å². The van der Waals surface area contributed by atoms with Crippen molar-refractivity contribution in [2.45, 2.75) is 80.8 Å². The lowest BCUT2D eigenvalue weighted by Gasteiger charge is -2.34. The highest BCUT2D eigenvalue weighted by Crippen LogP contribution is 2.35. The minimum atomic E-state index is -0.380. The van der Waals surface area contributed by atoms with Crippen molar-refractivity contribution >= 4 is 5.97 Å². The van der Waals surface area contributed by atoms with Gasteiger partial charge in [-0.1, -0.05) is 27.7 Å². The maximum Gasteiger partial charge on any atom is 0.312 e. The zero-order valence-electron chi connectivity index (χ0n) is 15.7. The number of nitrogens with zero attached hydrogens (tertiary/aromatic N) is 1. The molecular formula is C18H37NO2. The van der Waals surface area contributed by atoms with Gasteiger partial charge in [0.2, 0.25) is 0 Å². The van der Waals surface area contributed by atoms with Gasteiger partial charge in [-0.3, -0.25) is 9.69 Å². The van der Waals surface area contributed by atoms with Crippen LogP contribution in [0.5, 0.6) is 0 Å². The van der Waals surface area contributed by atoms with Crippen LogP contribution < -0.4 is 0 Å². The van der Waals surface area contributed by atoms with Crippen LogP contribution in [-0.2, 0) is 9.53 Å². The van der Waals surface area contributed by atoms with E-state index in [2.05, 4.69) is 60.3 Å². The second-order valence-corrected chi connectivity index (χ2v) is 7.73. The van der Waals surface area contributed by atoms with Gasteiger partial charge in [-0.15, -0.1) is 0 Å². The Kier molecular flexibility index (Phi) is 8.53. The summed E-state index contributed by atoms with van der Waals surface area (Å²) in [7, 11) is 0. The minimum Gasteiger partial charge on any atom is -0.464 e. The number of esters is 1. The zero-order chi connectivity index (χ0) is 16.8. The van der Waals surface area contributed by atoms with Gasteiger partial charge in [0.1, 0.15) is 6.61 Å². The Morgan fingerprint density at radius 3 is 1.81 bits per heavy atom. The molecule has 0 aromatic heterocycles. The van der Waals surface area contributed by atoms with Gasteiger partial charge in [-0.2, -0.15) is 0 Å². The second-order valence-electron chi connectivity index (χ2n) is 7.73. The Labute approximate surface area is 132 Å². The highest BCUT2D eigenvalue weighted by Gasteiger charge is 2.38. The molecule has 0 aromatic rings. The topological polar surface area (TPSA) is 29.5 Å². The lowest BCUT2D eigenvalue weighted by Crippen LogP contribution is -2.41. The van der Waals surface area contributed by atoms with Gasteiger partial charge in [-0.05, 0) is 52.9 Å². The molecule has 0 rings (SSSR count). The van der Waals surface area contributed by atoms with E-state index in [-0.39, 0.29) is 11.4 Å². The van der Waals surface area contributed by atoms with E-state index in [0.717, 1.165) is 13.0 Å². The summed E-state index contributed by atoms with van der Waals surface area (Å²) in [6.45, 7) is 20.6. The molecular weight excluding hydrogens is 262 g/mol. The van der Waals surface area contributed by atoms with E-state index in [1.54, 1.807) is 0 Å². The molecule has 0 radical (unpaired) electrons. The van der Waals surface area contributed by atoms with Gasteiger partial charge in [0.05, 0.1) is 5.41 Å². The van der Waals surface area contributed by atoms with Crippen molar-refractivity contribution in [2.75, 3.05) is 13.2 Å². The van der Waals surface area contributed by atoms with Gasteiger partial charge >= 0.3 is 5.97 Å². The minimum absolute atomic E-state index is 0.0429. The number of hydrogen-bond donors (Lipinski definition) is 0. The van der Waals surface area contributed by atoms with Crippen LogP contribution in [0.25, 0.3) is 0 Å². The van der Waals surface area contributed by atoms with E-state index < -0.39 is 0 Å². The fourth-order valence-electron chi connectivity index (χ4n) is 2.92. The van der Waals surface area contributed by atoms with Gasteiger partial charge < -0.3 is 4.74 Å². The van der Waals surface area contributed by atoms with E-state index in [1.807, 2.05) is 6.92 Å². The summed E-state index contributed by atoms with van der Waals surface area (Å²) < 4.78 is 5.62. The van der Waals surface area contributed by atoms with Crippen molar-refractivity contribution < 1.29 is 9.53 Å². The molecule has 0 N–H and O–H groups in total. The maximum absolute atomic E-state index is 12.5. The Morgan fingerprint density at radius 2 is 1.48 bits per heavy atom. The lowest BCUT2D eigenvalue weighted by atomic mass is 9.73. The fraction of sp³-hybridized carbons (Fsp3) is 0.944. The van der Waals surface area contributed by atoms with Crippen LogP contribution in [0.4, 0.5) is 0 Å². The quantitative estimate of drug-likeness (QED) is 0.593. The highest BCUT2D eigenvalue weighted by molar-refractivity contribution is 5.76. The largest absolute Gasteiger partial charge is 0.464 e. The summed E-state index contributed by atoms with van der Waals surface area (Å²) in [5.41, 5.74) is -0.380. The van der Waals surface area contributed by atoms with Crippen LogP contribution in [0.2, 0.25) is 0 Å². The summed E-state index contributed by atoms with van der Waals surface area (Å²) in [4.78, 5) is 14.9. The van der Waals surface area contributed by atoms with E-state index >= 15 is 0 Å². The Balaban J connectivity index is 4.58. The molecule has 0 aromatic carbocycles. The first kappa shape index (κ1) is 20.4. The molecule has 0 aliphatic rings. The van der Waals surface area contributed by atoms with Gasteiger partial charge in [0, 0.05) is 18.6 Å². The lowest BCUT2D eigenvalue weighted by molar-refractivity contribution is -0.159. The first-order valence-electron chi connectivity index (χ1n) is 8.45. The van der Waals surface area contributed by atoms with Crippen molar-refractivity contribution in [3.63, 3.8) is 0 Å². The fourth-order valence-corrected chi connectivity index (χ4v) is 2.92. The first-order chi connectivity index (χ1) is 9.52. The van der Waals surface area contributed by atoms with E-state index in [9.17, 15) is 4.79 Å². The Hall–Kier alpha value is -0.570. The molecule has 3 heteroatoms. The predicted molar refractivity (Wildman–Crippen MR) is 90.3 cm³/mol. The van der Waals surface area contributed by atoms with Gasteiger partial charge in [0.15, 0.2) is 0 Å². The molecule has 1 unspecified atom stereocenters. The van der Waals surface area contributed by atoms with Crippen LogP contribution >= 0.6 is 0 Å². The maximum atomic E-state index is 12.5. The summed E-state index contributed by atoms with van der Waals surface area (Å²) >= 11 is 0. The van der Waals surface area contributed by atoms with E-state index in [1.165, 1.54) is 0 Å². The molecule has 0 amide bonds. The summed E-state index contributed by atoms with van der Waals surface area (Å²) in [6.07, 6.45) is 0.877. The van der Waals surface area contributed by atoms with Crippen molar-refractivity contribution in [1.29, 1.82) is 0 Å². The normalized spacial score (nSPS) is 15.3. The molecule has 21 heavy (non-hydrogen) atoms. The number of carbonyl (C=O) groups excluding carboxylic acids is 1. The van der Waals surface area contributed by atoms with E-state index in [0.29, 0.717) is 30.5 Å². The van der Waals surface area contributed by atoms with Crippen molar-refractivity contribution in [3.05, 3.63) is 0 Å². The SMILES string of the molecule is CC(C)CC(C)(C(=O)OCCN(C(C)C)C(C)C)C(C)C. The van der Waals surface area contributed by atoms with Crippen molar-refractivity contribution in [2.24, 2.45) is 17.3 Å². The summed E-state index contributed by atoms with van der Waals surface area (Å²) in [5, 5.41) is 0. The van der Waals surface area contributed by atoms with Crippen LogP contribution in [0.1, 0.15) is 68.7 Å². The predicted octanol–water partition coefficient (Wildman–Crippen LogP) is 4.36. The highest BCUT2D eigenvalue weighted by atomic mass is 16.5.